The molecule has 0 aliphatic carbocycles. The first-order chi connectivity index (χ1) is 20.5. The van der Waals surface area contributed by atoms with Crippen LogP contribution < -0.4 is 10.1 Å². The normalized spacial score (nSPS) is 11.8. The fourth-order valence-corrected chi connectivity index (χ4v) is 3.95. The van der Waals surface area contributed by atoms with E-state index in [1.165, 1.54) is 32.1 Å². The SMILES string of the molecule is C=Nc1cc(C)c2c(Nc3cccnc3OC(CC)CCC(C)CC)ncnc2c1.C=O.CCCCCC.CS(C)(=O)=O. The summed E-state index contributed by atoms with van der Waals surface area (Å²) in [5, 5.41) is 4.36. The largest absolute Gasteiger partial charge is 0.473 e. The number of aryl methyl sites for hydroxylation is 1. The Morgan fingerprint density at radius 3 is 2.14 bits per heavy atom. The number of nitrogens with zero attached hydrogens (tertiary/aromatic N) is 4. The molecule has 0 radical (unpaired) electrons. The van der Waals surface area contributed by atoms with E-state index in [1.54, 1.807) is 12.5 Å². The predicted molar refractivity (Wildman–Crippen MR) is 182 cm³/mol. The highest BCUT2D eigenvalue weighted by Crippen LogP contribution is 2.32. The minimum atomic E-state index is -2.67. The highest BCUT2D eigenvalue weighted by atomic mass is 32.2. The molecule has 2 unspecified atom stereocenters. The Morgan fingerprint density at radius 1 is 0.977 bits per heavy atom. The van der Waals surface area contributed by atoms with Crippen molar-refractivity contribution in [3.8, 4) is 5.88 Å². The van der Waals surface area contributed by atoms with Gasteiger partial charge in [0.05, 0.1) is 11.2 Å². The number of rotatable bonds is 13. The standard InChI is InChI=1S/C24H31N5O.C6H14.C2H6O2S.CH2O/c1-6-16(3)10-11-19(7-2)30-24-20(9-8-12-26-24)29-23-22-17(4)13-18(25-5)14-21(22)27-15-28-23;1-3-5-6-4-2;1-5(2,3)4;1-2/h8-9,12-16,19H,5-7,10-11H2,1-4H3,(H,27,28,29);3-6H2,1-2H3;1-2H3;1H2. The van der Waals surface area contributed by atoms with Crippen LogP contribution in [0.4, 0.5) is 17.2 Å². The lowest BCUT2D eigenvalue weighted by atomic mass is 9.99. The van der Waals surface area contributed by atoms with Gasteiger partial charge in [0.25, 0.3) is 0 Å². The molecular formula is C33H53N5O4S. The molecule has 0 saturated heterocycles. The quantitative estimate of drug-likeness (QED) is 0.150. The lowest BCUT2D eigenvalue weighted by molar-refractivity contribution is -0.0980. The van der Waals surface area contributed by atoms with Crippen LogP contribution in [0.15, 0.2) is 41.8 Å². The van der Waals surface area contributed by atoms with E-state index in [9.17, 15) is 8.42 Å². The number of sulfone groups is 1. The van der Waals surface area contributed by atoms with Crippen LogP contribution >= 0.6 is 0 Å². The lowest BCUT2D eigenvalue weighted by Crippen LogP contribution is -2.18. The summed E-state index contributed by atoms with van der Waals surface area (Å²) >= 11 is 0. The molecule has 3 aromatic rings. The van der Waals surface area contributed by atoms with Crippen LogP contribution in [-0.2, 0) is 14.6 Å². The molecule has 0 fully saturated rings. The molecule has 9 nitrogen and oxygen atoms in total. The number of carbonyl (C=O) groups is 1. The molecule has 2 heterocycles. The highest BCUT2D eigenvalue weighted by Gasteiger charge is 2.16. The van der Waals surface area contributed by atoms with Crippen molar-refractivity contribution >= 4 is 51.4 Å². The molecule has 0 spiro atoms. The van der Waals surface area contributed by atoms with Crippen LogP contribution in [0.1, 0.15) is 91.5 Å². The van der Waals surface area contributed by atoms with Crippen molar-refractivity contribution in [2.24, 2.45) is 10.9 Å². The van der Waals surface area contributed by atoms with Gasteiger partial charge >= 0.3 is 0 Å². The van der Waals surface area contributed by atoms with Crippen molar-refractivity contribution in [3.63, 3.8) is 0 Å². The Bertz CT molecular complexity index is 1310. The van der Waals surface area contributed by atoms with Crippen LogP contribution in [0.3, 0.4) is 0 Å². The molecule has 10 heteroatoms. The van der Waals surface area contributed by atoms with Crippen LogP contribution in [0.5, 0.6) is 5.88 Å². The number of fused-ring (bicyclic) bond motifs is 1. The summed E-state index contributed by atoms with van der Waals surface area (Å²) < 4.78 is 25.6. The maximum absolute atomic E-state index is 9.63. The molecule has 0 aliphatic rings. The summed E-state index contributed by atoms with van der Waals surface area (Å²) in [6, 6.07) is 7.75. The third kappa shape index (κ3) is 16.7. The van der Waals surface area contributed by atoms with E-state index in [2.05, 4.69) is 66.6 Å². The second-order valence-corrected chi connectivity index (χ2v) is 12.9. The number of carbonyl (C=O) groups excluding carboxylic acids is 1. The number of aromatic nitrogens is 3. The summed E-state index contributed by atoms with van der Waals surface area (Å²) in [5.74, 6) is 2.02. The maximum atomic E-state index is 9.63. The first-order valence-corrected chi connectivity index (χ1v) is 17.3. The molecule has 0 amide bonds. The average molecular weight is 616 g/mol. The van der Waals surface area contributed by atoms with Gasteiger partial charge in [0.15, 0.2) is 0 Å². The first-order valence-electron chi connectivity index (χ1n) is 15.0. The highest BCUT2D eigenvalue weighted by molar-refractivity contribution is 7.89. The van der Waals surface area contributed by atoms with Crippen molar-refractivity contribution in [2.45, 2.75) is 99.0 Å². The first kappa shape index (κ1) is 39.6. The summed E-state index contributed by atoms with van der Waals surface area (Å²) in [4.78, 5) is 25.4. The number of ether oxygens (including phenoxy) is 1. The molecule has 0 aliphatic heterocycles. The van der Waals surface area contributed by atoms with E-state index in [0.29, 0.717) is 11.8 Å². The zero-order valence-corrected chi connectivity index (χ0v) is 28.3. The zero-order valence-electron chi connectivity index (χ0n) is 27.5. The number of aliphatic imine (C=N–C) groups is 1. The van der Waals surface area contributed by atoms with E-state index in [4.69, 9.17) is 9.53 Å². The molecule has 43 heavy (non-hydrogen) atoms. The van der Waals surface area contributed by atoms with E-state index >= 15 is 0 Å². The van der Waals surface area contributed by atoms with Crippen molar-refractivity contribution in [1.29, 1.82) is 0 Å². The topological polar surface area (TPSA) is 124 Å². The van der Waals surface area contributed by atoms with Gasteiger partial charge < -0.3 is 14.8 Å². The summed E-state index contributed by atoms with van der Waals surface area (Å²) in [5.41, 5.74) is 3.44. The monoisotopic (exact) mass is 615 g/mol. The number of nitrogens with one attached hydrogen (secondary N) is 1. The second kappa shape index (κ2) is 22.2. The van der Waals surface area contributed by atoms with Crippen LogP contribution in [0.2, 0.25) is 0 Å². The van der Waals surface area contributed by atoms with E-state index in [0.717, 1.165) is 65.4 Å². The lowest BCUT2D eigenvalue weighted by Gasteiger charge is -2.20. The minimum absolute atomic E-state index is 0.138. The third-order valence-corrected chi connectivity index (χ3v) is 6.50. The number of benzene rings is 1. The number of hydrogen-bond donors (Lipinski definition) is 1. The average Bonchev–Trinajstić information content (AvgIpc) is 2.99. The molecular weight excluding hydrogens is 562 g/mol. The third-order valence-electron chi connectivity index (χ3n) is 6.50. The molecule has 0 saturated carbocycles. The van der Waals surface area contributed by atoms with Crippen LogP contribution in [-0.4, -0.2) is 55.5 Å². The molecule has 2 aromatic heterocycles. The van der Waals surface area contributed by atoms with E-state index < -0.39 is 9.84 Å². The van der Waals surface area contributed by atoms with Gasteiger partial charge in [0.1, 0.15) is 40.6 Å². The van der Waals surface area contributed by atoms with Gasteiger partial charge in [-0.1, -0.05) is 66.7 Å². The van der Waals surface area contributed by atoms with Gasteiger partial charge in [-0.2, -0.15) is 0 Å². The van der Waals surface area contributed by atoms with Crippen molar-refractivity contribution in [2.75, 3.05) is 17.8 Å². The van der Waals surface area contributed by atoms with Crippen molar-refractivity contribution < 1.29 is 17.9 Å². The van der Waals surface area contributed by atoms with Gasteiger partial charge in [-0.3, -0.25) is 4.99 Å². The molecule has 240 valence electrons. The Hall–Kier alpha value is -3.40. The number of unbranched alkanes of at least 4 members (excludes halogenated alkanes) is 3. The minimum Gasteiger partial charge on any atom is -0.473 e. The fraction of sp³-hybridized carbons (Fsp3) is 0.545. The number of hydrogen-bond acceptors (Lipinski definition) is 9. The summed E-state index contributed by atoms with van der Waals surface area (Å²) in [7, 11) is -2.67. The second-order valence-electron chi connectivity index (χ2n) is 10.6. The smallest absolute Gasteiger partial charge is 0.238 e. The fourth-order valence-electron chi connectivity index (χ4n) is 3.95. The predicted octanol–water partition coefficient (Wildman–Crippen LogP) is 8.46. The van der Waals surface area contributed by atoms with Gasteiger partial charge in [-0.25, -0.2) is 23.4 Å². The van der Waals surface area contributed by atoms with Gasteiger partial charge in [0, 0.05) is 24.1 Å². The maximum Gasteiger partial charge on any atom is 0.238 e. The van der Waals surface area contributed by atoms with Crippen molar-refractivity contribution in [1.82, 2.24) is 15.0 Å². The van der Waals surface area contributed by atoms with Crippen molar-refractivity contribution in [3.05, 3.63) is 42.4 Å². The molecule has 0 bridgehead atoms. The zero-order chi connectivity index (χ0) is 32.8. The van der Waals surface area contributed by atoms with Gasteiger partial charge in [-0.15, -0.1) is 0 Å². The molecule has 2 atom stereocenters. The van der Waals surface area contributed by atoms with E-state index in [-0.39, 0.29) is 6.10 Å². The van der Waals surface area contributed by atoms with E-state index in [1.807, 2.05) is 38.0 Å². The number of anilines is 2. The summed E-state index contributed by atoms with van der Waals surface area (Å²) in [6.45, 7) is 18.8. The molecule has 1 aromatic carbocycles. The Kier molecular flexibility index (Phi) is 20.4. The van der Waals surface area contributed by atoms with Gasteiger partial charge in [0.2, 0.25) is 5.88 Å². The molecule has 3 rings (SSSR count). The summed E-state index contributed by atoms with van der Waals surface area (Å²) in [6.07, 6.45) is 15.6. The van der Waals surface area contributed by atoms with Crippen LogP contribution in [0, 0.1) is 12.8 Å². The van der Waals surface area contributed by atoms with Gasteiger partial charge in [-0.05, 0) is 68.7 Å². The number of pyridine rings is 1. The Balaban J connectivity index is 0.00000115. The Morgan fingerprint density at radius 2 is 1.60 bits per heavy atom. The molecule has 1 N–H and O–H groups in total. The Labute approximate surface area is 259 Å². The van der Waals surface area contributed by atoms with Crippen LogP contribution in [0.25, 0.3) is 10.9 Å².